The number of halogens is 3. The molecule has 84 valence electrons. The summed E-state index contributed by atoms with van der Waals surface area (Å²) >= 11 is 0. The second-order valence-electron chi connectivity index (χ2n) is 3.94. The van der Waals surface area contributed by atoms with E-state index in [2.05, 4.69) is 5.32 Å². The number of ether oxygens (including phenoxy) is 1. The van der Waals surface area contributed by atoms with Gasteiger partial charge in [-0.1, -0.05) is 0 Å². The van der Waals surface area contributed by atoms with Gasteiger partial charge in [0.1, 0.15) is 0 Å². The van der Waals surface area contributed by atoms with Crippen molar-refractivity contribution in [3.63, 3.8) is 0 Å². The Bertz CT molecular complexity index is 186. The van der Waals surface area contributed by atoms with Crippen molar-refractivity contribution in [2.45, 2.75) is 31.3 Å². The molecular formula is C9H16ClF2NO. The zero-order chi connectivity index (χ0) is 9.31. The molecule has 0 aromatic carbocycles. The summed E-state index contributed by atoms with van der Waals surface area (Å²) in [5.41, 5.74) is 0. The van der Waals surface area contributed by atoms with Crippen LogP contribution in [0.5, 0.6) is 0 Å². The molecule has 5 heteroatoms. The Morgan fingerprint density at radius 2 is 1.86 bits per heavy atom. The van der Waals surface area contributed by atoms with Crippen LogP contribution in [-0.2, 0) is 4.74 Å². The first-order valence-corrected chi connectivity index (χ1v) is 4.88. The molecule has 2 nitrogen and oxygen atoms in total. The number of alkyl halides is 2. The molecule has 2 aliphatic rings. The van der Waals surface area contributed by atoms with E-state index in [-0.39, 0.29) is 31.5 Å². The van der Waals surface area contributed by atoms with Crippen molar-refractivity contribution >= 4 is 12.4 Å². The summed E-state index contributed by atoms with van der Waals surface area (Å²) in [5, 5.41) is 3.21. The molecule has 1 aliphatic carbocycles. The Kier molecular flexibility index (Phi) is 4.10. The molecule has 1 saturated carbocycles. The molecule has 14 heavy (non-hydrogen) atoms. The zero-order valence-corrected chi connectivity index (χ0v) is 8.79. The van der Waals surface area contributed by atoms with Crippen LogP contribution < -0.4 is 5.32 Å². The van der Waals surface area contributed by atoms with Crippen molar-refractivity contribution in [2.75, 3.05) is 19.7 Å². The fourth-order valence-corrected chi connectivity index (χ4v) is 1.66. The van der Waals surface area contributed by atoms with Gasteiger partial charge in [0.15, 0.2) is 0 Å². The molecule has 0 aromatic rings. The van der Waals surface area contributed by atoms with Gasteiger partial charge in [0.2, 0.25) is 0 Å². The Hall–Kier alpha value is 0.0700. The number of hydrogen-bond donors (Lipinski definition) is 1. The lowest BCUT2D eigenvalue weighted by Gasteiger charge is -2.22. The van der Waals surface area contributed by atoms with Crippen LogP contribution in [0, 0.1) is 5.92 Å². The van der Waals surface area contributed by atoms with Crippen LogP contribution in [-0.4, -0.2) is 31.7 Å². The van der Waals surface area contributed by atoms with E-state index >= 15 is 0 Å². The largest absolute Gasteiger partial charge is 0.378 e. The van der Waals surface area contributed by atoms with Crippen molar-refractivity contribution in [1.82, 2.24) is 5.32 Å². The highest BCUT2D eigenvalue weighted by Gasteiger charge is 2.56. The highest BCUT2D eigenvalue weighted by atomic mass is 35.5. The number of nitrogens with one attached hydrogen (secondary N) is 1. The SMILES string of the molecule is Cl.FC1(F)CC1COC1CCNCC1. The fraction of sp³-hybridized carbons (Fsp3) is 1.00. The minimum Gasteiger partial charge on any atom is -0.378 e. The van der Waals surface area contributed by atoms with Crippen molar-refractivity contribution in [1.29, 1.82) is 0 Å². The van der Waals surface area contributed by atoms with Gasteiger partial charge < -0.3 is 10.1 Å². The first-order valence-electron chi connectivity index (χ1n) is 4.88. The lowest BCUT2D eigenvalue weighted by molar-refractivity contribution is 0.00243. The summed E-state index contributed by atoms with van der Waals surface area (Å²) in [6, 6.07) is 0. The monoisotopic (exact) mass is 227 g/mol. The van der Waals surface area contributed by atoms with Gasteiger partial charge in [0.05, 0.1) is 18.6 Å². The average molecular weight is 228 g/mol. The molecule has 1 unspecified atom stereocenters. The molecule has 2 fully saturated rings. The van der Waals surface area contributed by atoms with E-state index in [0.29, 0.717) is 0 Å². The van der Waals surface area contributed by atoms with Crippen LogP contribution in [0.3, 0.4) is 0 Å². The third kappa shape index (κ3) is 3.04. The van der Waals surface area contributed by atoms with E-state index in [0.717, 1.165) is 25.9 Å². The van der Waals surface area contributed by atoms with Crippen LogP contribution in [0.4, 0.5) is 8.78 Å². The minimum atomic E-state index is -2.42. The molecule has 0 spiro atoms. The van der Waals surface area contributed by atoms with Gasteiger partial charge in [-0.2, -0.15) is 0 Å². The van der Waals surface area contributed by atoms with Crippen LogP contribution in [0.15, 0.2) is 0 Å². The maximum Gasteiger partial charge on any atom is 0.253 e. The van der Waals surface area contributed by atoms with E-state index in [9.17, 15) is 8.78 Å². The quantitative estimate of drug-likeness (QED) is 0.795. The normalized spacial score (nSPS) is 30.9. The molecule has 0 bridgehead atoms. The lowest BCUT2D eigenvalue weighted by atomic mass is 10.1. The Morgan fingerprint density at radius 1 is 1.29 bits per heavy atom. The van der Waals surface area contributed by atoms with Gasteiger partial charge in [-0.3, -0.25) is 0 Å². The maximum atomic E-state index is 12.5. The second kappa shape index (κ2) is 4.73. The standard InChI is InChI=1S/C9H15F2NO.ClH/c10-9(11)5-7(9)6-13-8-1-3-12-4-2-8;/h7-8,12H,1-6H2;1H. The molecule has 0 amide bonds. The van der Waals surface area contributed by atoms with E-state index in [1.54, 1.807) is 0 Å². The van der Waals surface area contributed by atoms with E-state index < -0.39 is 11.8 Å². The van der Waals surface area contributed by atoms with Crippen molar-refractivity contribution in [3.8, 4) is 0 Å². The number of hydrogen-bond acceptors (Lipinski definition) is 2. The molecule has 1 aliphatic heterocycles. The van der Waals surface area contributed by atoms with Crippen molar-refractivity contribution in [3.05, 3.63) is 0 Å². The first-order chi connectivity index (χ1) is 6.18. The summed E-state index contributed by atoms with van der Waals surface area (Å²) < 4.78 is 30.3. The van der Waals surface area contributed by atoms with Gasteiger partial charge >= 0.3 is 0 Å². The Morgan fingerprint density at radius 3 is 2.36 bits per heavy atom. The Labute approximate surface area is 88.8 Å². The third-order valence-electron chi connectivity index (χ3n) is 2.78. The van der Waals surface area contributed by atoms with Gasteiger partial charge in [0.25, 0.3) is 5.92 Å². The molecule has 0 radical (unpaired) electrons. The summed E-state index contributed by atoms with van der Waals surface area (Å²) in [6.45, 7) is 2.15. The van der Waals surface area contributed by atoms with E-state index in [1.807, 2.05) is 0 Å². The Balaban J connectivity index is 0.000000980. The minimum absolute atomic E-state index is 0. The molecule has 1 saturated heterocycles. The van der Waals surface area contributed by atoms with Crippen molar-refractivity contribution < 1.29 is 13.5 Å². The lowest BCUT2D eigenvalue weighted by Crippen LogP contribution is -2.33. The molecule has 1 heterocycles. The number of rotatable bonds is 3. The summed E-state index contributed by atoms with van der Waals surface area (Å²) in [6.07, 6.45) is 2.15. The van der Waals surface area contributed by atoms with Gasteiger partial charge in [-0.25, -0.2) is 8.78 Å². The van der Waals surface area contributed by atoms with Crippen molar-refractivity contribution in [2.24, 2.45) is 5.92 Å². The van der Waals surface area contributed by atoms with Crippen LogP contribution >= 0.6 is 12.4 Å². The predicted molar refractivity (Wildman–Crippen MR) is 52.1 cm³/mol. The topological polar surface area (TPSA) is 21.3 Å². The summed E-state index contributed by atoms with van der Waals surface area (Å²) in [5.74, 6) is -2.92. The third-order valence-corrected chi connectivity index (χ3v) is 2.78. The van der Waals surface area contributed by atoms with Crippen LogP contribution in [0.25, 0.3) is 0 Å². The van der Waals surface area contributed by atoms with Crippen LogP contribution in [0.2, 0.25) is 0 Å². The highest BCUT2D eigenvalue weighted by molar-refractivity contribution is 5.85. The molecule has 0 aromatic heterocycles. The predicted octanol–water partition coefficient (Wildman–Crippen LogP) is 1.83. The van der Waals surface area contributed by atoms with Gasteiger partial charge in [0, 0.05) is 6.42 Å². The molecule has 2 rings (SSSR count). The molecular weight excluding hydrogens is 212 g/mol. The van der Waals surface area contributed by atoms with E-state index in [4.69, 9.17) is 4.74 Å². The highest BCUT2D eigenvalue weighted by Crippen LogP contribution is 2.48. The molecule has 1 N–H and O–H groups in total. The van der Waals surface area contributed by atoms with E-state index in [1.165, 1.54) is 0 Å². The summed E-state index contributed by atoms with van der Waals surface area (Å²) in [4.78, 5) is 0. The summed E-state index contributed by atoms with van der Waals surface area (Å²) in [7, 11) is 0. The second-order valence-corrected chi connectivity index (χ2v) is 3.94. The fourth-order valence-electron chi connectivity index (χ4n) is 1.66. The van der Waals surface area contributed by atoms with Gasteiger partial charge in [-0.15, -0.1) is 12.4 Å². The zero-order valence-electron chi connectivity index (χ0n) is 7.97. The smallest absolute Gasteiger partial charge is 0.253 e. The van der Waals surface area contributed by atoms with Crippen LogP contribution in [0.1, 0.15) is 19.3 Å². The maximum absolute atomic E-state index is 12.5. The first kappa shape index (κ1) is 12.1. The van der Waals surface area contributed by atoms with Gasteiger partial charge in [-0.05, 0) is 25.9 Å². The average Bonchev–Trinajstić information content (AvgIpc) is 2.73. The molecule has 1 atom stereocenters. The number of piperidine rings is 1.